The molecular formula is C35H38F3N3O3. The number of likely N-dealkylation sites (tertiary alicyclic amines) is 1. The van der Waals surface area contributed by atoms with Gasteiger partial charge in [-0.2, -0.15) is 13.2 Å². The number of hydrogen-bond acceptors (Lipinski definition) is 6. The van der Waals surface area contributed by atoms with Gasteiger partial charge in [-0.15, -0.1) is 0 Å². The van der Waals surface area contributed by atoms with Gasteiger partial charge in [-0.25, -0.2) is 4.79 Å². The molecule has 1 aromatic heterocycles. The lowest BCUT2D eigenvalue weighted by atomic mass is 9.94. The van der Waals surface area contributed by atoms with Gasteiger partial charge in [-0.3, -0.25) is 14.7 Å². The summed E-state index contributed by atoms with van der Waals surface area (Å²) < 4.78 is 47.1. The highest BCUT2D eigenvalue weighted by molar-refractivity contribution is 5.98. The molecular weight excluding hydrogens is 567 g/mol. The van der Waals surface area contributed by atoms with E-state index in [1.165, 1.54) is 19.2 Å². The van der Waals surface area contributed by atoms with Gasteiger partial charge in [0.2, 0.25) is 0 Å². The normalized spacial score (nSPS) is 16.7. The molecule has 5 rings (SSSR count). The molecule has 0 saturated carbocycles. The van der Waals surface area contributed by atoms with E-state index < -0.39 is 11.7 Å². The number of fused-ring (bicyclic) bond motifs is 1. The van der Waals surface area contributed by atoms with Crippen molar-refractivity contribution >= 4 is 17.8 Å². The number of rotatable bonds is 10. The Balaban J connectivity index is 1.26. The summed E-state index contributed by atoms with van der Waals surface area (Å²) in [6.45, 7) is 3.67. The van der Waals surface area contributed by atoms with Crippen LogP contribution >= 0.6 is 0 Å². The first-order valence-corrected chi connectivity index (χ1v) is 14.9. The van der Waals surface area contributed by atoms with Crippen molar-refractivity contribution in [2.45, 2.75) is 57.8 Å². The van der Waals surface area contributed by atoms with Gasteiger partial charge in [0, 0.05) is 55.9 Å². The first kappa shape index (κ1) is 31.6. The van der Waals surface area contributed by atoms with Crippen LogP contribution in [0.2, 0.25) is 0 Å². The Hall–Kier alpha value is -3.82. The fraction of sp³-hybridized carbons (Fsp3) is 0.400. The molecule has 1 aliphatic carbocycles. The number of aryl methyl sites for hydroxylation is 3. The third kappa shape index (κ3) is 7.27. The van der Waals surface area contributed by atoms with Crippen LogP contribution in [0.1, 0.15) is 61.4 Å². The highest BCUT2D eigenvalue weighted by Crippen LogP contribution is 2.34. The molecule has 1 saturated heterocycles. The van der Waals surface area contributed by atoms with E-state index in [0.717, 1.165) is 59.1 Å². The van der Waals surface area contributed by atoms with Gasteiger partial charge in [-0.05, 0) is 91.9 Å². The maximum absolute atomic E-state index is 14.1. The van der Waals surface area contributed by atoms with Crippen LogP contribution in [0.25, 0.3) is 6.08 Å². The number of ketones is 1. The van der Waals surface area contributed by atoms with Crippen LogP contribution < -0.4 is 0 Å². The Morgan fingerprint density at radius 3 is 2.55 bits per heavy atom. The molecule has 0 bridgehead atoms. The van der Waals surface area contributed by atoms with Gasteiger partial charge < -0.3 is 9.64 Å². The Kier molecular flexibility index (Phi) is 9.37. The van der Waals surface area contributed by atoms with Crippen molar-refractivity contribution in [3.8, 4) is 0 Å². The van der Waals surface area contributed by atoms with Gasteiger partial charge >= 0.3 is 12.1 Å². The number of benzene rings is 2. The first-order valence-electron chi connectivity index (χ1n) is 14.9. The Bertz CT molecular complexity index is 1600. The summed E-state index contributed by atoms with van der Waals surface area (Å²) in [4.78, 5) is 33.8. The third-order valence-corrected chi connectivity index (χ3v) is 8.77. The number of alkyl halides is 3. The number of carbonyl (C=O) groups excluding carboxylic acids is 2. The molecule has 1 fully saturated rings. The number of carbonyl (C=O) groups is 2. The molecule has 1 atom stereocenters. The minimum absolute atomic E-state index is 0.0159. The van der Waals surface area contributed by atoms with Crippen LogP contribution in [0.15, 0.2) is 54.2 Å². The predicted octanol–water partition coefficient (Wildman–Crippen LogP) is 5.87. The van der Waals surface area contributed by atoms with Crippen LogP contribution in [-0.4, -0.2) is 66.9 Å². The molecule has 0 spiro atoms. The van der Waals surface area contributed by atoms with E-state index in [4.69, 9.17) is 4.74 Å². The zero-order valence-electron chi connectivity index (χ0n) is 25.6. The van der Waals surface area contributed by atoms with Crippen LogP contribution in [0.4, 0.5) is 13.2 Å². The standard InChI is InChI=1S/C35H38F3N3O3/c1-22-5-6-23(13-25(22)8-7-24-14-28-16-29(34(43)44-4)18-32(28)39-19-24)15-33(42)26-9-10-27(31(17-26)35(36,37)38)20-41-12-11-30(21-41)40(2)3/h5-6,9-10,13-14,16-17,19,30H,7-8,11-12,15,18,20-21H2,1-4H3. The topological polar surface area (TPSA) is 62.7 Å². The highest BCUT2D eigenvalue weighted by atomic mass is 19.4. The lowest BCUT2D eigenvalue weighted by Crippen LogP contribution is -2.31. The molecule has 0 amide bonds. The second kappa shape index (κ2) is 13.0. The van der Waals surface area contributed by atoms with Crippen molar-refractivity contribution in [1.82, 2.24) is 14.8 Å². The number of halogens is 3. The van der Waals surface area contributed by atoms with Gasteiger partial charge in [0.05, 0.1) is 18.4 Å². The van der Waals surface area contributed by atoms with E-state index >= 15 is 0 Å². The van der Waals surface area contributed by atoms with Crippen LogP contribution in [0.5, 0.6) is 0 Å². The number of Topliss-reactive ketones (excluding diaryl/α,β-unsaturated/α-hetero) is 1. The predicted molar refractivity (Wildman–Crippen MR) is 163 cm³/mol. The lowest BCUT2D eigenvalue weighted by Gasteiger charge is -2.22. The lowest BCUT2D eigenvalue weighted by molar-refractivity contribution is -0.138. The third-order valence-electron chi connectivity index (χ3n) is 8.77. The highest BCUT2D eigenvalue weighted by Gasteiger charge is 2.35. The van der Waals surface area contributed by atoms with Gasteiger partial charge in [0.15, 0.2) is 5.78 Å². The molecule has 0 radical (unpaired) electrons. The van der Waals surface area contributed by atoms with E-state index in [1.807, 2.05) is 62.5 Å². The molecule has 2 aromatic carbocycles. The fourth-order valence-electron chi connectivity index (χ4n) is 6.09. The van der Waals surface area contributed by atoms with Crippen molar-refractivity contribution in [3.05, 3.63) is 104 Å². The summed E-state index contributed by atoms with van der Waals surface area (Å²) in [5, 5.41) is 0. The van der Waals surface area contributed by atoms with Crippen molar-refractivity contribution in [2.75, 3.05) is 34.3 Å². The maximum atomic E-state index is 14.1. The zero-order chi connectivity index (χ0) is 31.6. The van der Waals surface area contributed by atoms with Crippen molar-refractivity contribution < 1.29 is 27.5 Å². The van der Waals surface area contributed by atoms with Crippen LogP contribution in [0, 0.1) is 6.92 Å². The average Bonchev–Trinajstić information content (AvgIpc) is 3.64. The second-order valence-corrected chi connectivity index (χ2v) is 12.1. The van der Waals surface area contributed by atoms with Gasteiger partial charge in [0.1, 0.15) is 0 Å². The molecule has 1 unspecified atom stereocenters. The second-order valence-electron chi connectivity index (χ2n) is 12.1. The van der Waals surface area contributed by atoms with E-state index in [0.29, 0.717) is 30.9 Å². The molecule has 6 nitrogen and oxygen atoms in total. The molecule has 9 heteroatoms. The Morgan fingerprint density at radius 1 is 1.05 bits per heavy atom. The summed E-state index contributed by atoms with van der Waals surface area (Å²) in [5.41, 5.74) is 5.81. The minimum Gasteiger partial charge on any atom is -0.466 e. The van der Waals surface area contributed by atoms with Gasteiger partial charge in [-0.1, -0.05) is 30.3 Å². The van der Waals surface area contributed by atoms with E-state index in [1.54, 1.807) is 0 Å². The van der Waals surface area contributed by atoms with Crippen molar-refractivity contribution in [1.29, 1.82) is 0 Å². The van der Waals surface area contributed by atoms with Crippen molar-refractivity contribution in [3.63, 3.8) is 0 Å². The van der Waals surface area contributed by atoms with Gasteiger partial charge in [0.25, 0.3) is 0 Å². The molecule has 2 heterocycles. The van der Waals surface area contributed by atoms with E-state index in [-0.39, 0.29) is 35.8 Å². The maximum Gasteiger partial charge on any atom is 0.416 e. The number of likely N-dealkylation sites (N-methyl/N-ethyl adjacent to an activating group) is 1. The first-order chi connectivity index (χ1) is 20.9. The number of aromatic nitrogens is 1. The Morgan fingerprint density at radius 2 is 1.84 bits per heavy atom. The summed E-state index contributed by atoms with van der Waals surface area (Å²) >= 11 is 0. The summed E-state index contributed by atoms with van der Waals surface area (Å²) in [6, 6.07) is 12.2. The number of pyridine rings is 1. The largest absolute Gasteiger partial charge is 0.466 e. The number of ether oxygens (including phenoxy) is 1. The monoisotopic (exact) mass is 605 g/mol. The number of methoxy groups -OCH3 is 1. The molecule has 1 aliphatic heterocycles. The van der Waals surface area contributed by atoms with E-state index in [2.05, 4.69) is 9.88 Å². The summed E-state index contributed by atoms with van der Waals surface area (Å²) in [6.07, 6.45) is 1.90. The molecule has 0 N–H and O–H groups in total. The van der Waals surface area contributed by atoms with Crippen LogP contribution in [0.3, 0.4) is 0 Å². The zero-order valence-corrected chi connectivity index (χ0v) is 25.6. The summed E-state index contributed by atoms with van der Waals surface area (Å²) in [5.74, 6) is -0.695. The van der Waals surface area contributed by atoms with E-state index in [9.17, 15) is 22.8 Å². The quantitative estimate of drug-likeness (QED) is 0.213. The summed E-state index contributed by atoms with van der Waals surface area (Å²) in [7, 11) is 5.33. The number of esters is 1. The average molecular weight is 606 g/mol. The Labute approximate surface area is 256 Å². The van der Waals surface area contributed by atoms with Crippen LogP contribution in [-0.2, 0) is 47.9 Å². The molecule has 2 aliphatic rings. The minimum atomic E-state index is -4.55. The number of hydrogen-bond donors (Lipinski definition) is 0. The SMILES string of the molecule is COC(=O)C1=Cc2cc(CCc3cc(CC(=O)c4ccc(CN5CCC(N(C)C)C5)c(C(F)(F)F)c4)ccc3C)cnc2C1. The smallest absolute Gasteiger partial charge is 0.416 e. The molecule has 3 aromatic rings. The fourth-order valence-corrected chi connectivity index (χ4v) is 6.09. The number of nitrogens with zero attached hydrogens (tertiary/aromatic N) is 3. The van der Waals surface area contributed by atoms with Crippen molar-refractivity contribution in [2.24, 2.45) is 0 Å². The molecule has 44 heavy (non-hydrogen) atoms. The molecule has 232 valence electrons.